The van der Waals surface area contributed by atoms with Crippen molar-refractivity contribution in [2.45, 2.75) is 381 Å². The van der Waals surface area contributed by atoms with Crippen molar-refractivity contribution in [3.05, 3.63) is 95.6 Å². The van der Waals surface area contributed by atoms with Gasteiger partial charge in [0.1, 0.15) is 0 Å². The number of rotatable bonds is 60. The van der Waals surface area contributed by atoms with Crippen LogP contribution in [0.4, 0.5) is 11.4 Å². The van der Waals surface area contributed by atoms with Gasteiger partial charge in [0.05, 0.1) is 17.1 Å². The van der Waals surface area contributed by atoms with Gasteiger partial charge in [-0.15, -0.1) is 11.5 Å². The minimum absolute atomic E-state index is 0. The van der Waals surface area contributed by atoms with Crippen LogP contribution in [0.3, 0.4) is 0 Å². The zero-order chi connectivity index (χ0) is 62.2. The summed E-state index contributed by atoms with van der Waals surface area (Å²) in [6.07, 6.45) is 88.3. The van der Waals surface area contributed by atoms with E-state index in [9.17, 15) is 10.2 Å². The Morgan fingerprint density at radius 1 is 0.330 bits per heavy atom. The van der Waals surface area contributed by atoms with Crippen molar-refractivity contribution < 1.29 is 26.7 Å². The summed E-state index contributed by atoms with van der Waals surface area (Å²) in [5.41, 5.74) is 6.12. The van der Waals surface area contributed by atoms with E-state index in [-0.39, 0.29) is 22.2 Å². The minimum Gasteiger partial charge on any atom is -0.873 e. The first-order valence-corrected chi connectivity index (χ1v) is 38.1. The maximum Gasteiger partial charge on any atom is 2.00 e. The van der Waals surface area contributed by atoms with Gasteiger partial charge in [-0.25, -0.2) is 0 Å². The van der Waals surface area contributed by atoms with Crippen LogP contribution in [0.15, 0.2) is 88.9 Å². The summed E-state index contributed by atoms with van der Waals surface area (Å²) in [5, 5.41) is 21.8. The largest absolute Gasteiger partial charge is 2.00 e. The van der Waals surface area contributed by atoms with Crippen LogP contribution in [0.5, 0.6) is 11.5 Å². The second kappa shape index (κ2) is 65.1. The van der Waals surface area contributed by atoms with E-state index in [1.54, 1.807) is 12.1 Å². The van der Waals surface area contributed by atoms with Gasteiger partial charge in [-0.05, 0) is 73.9 Å². The van der Waals surface area contributed by atoms with Crippen LogP contribution >= 0.6 is 0 Å². The molecule has 0 unspecified atom stereocenters. The Labute approximate surface area is 556 Å². The molecular weight excluding hydrogens is 1120 g/mol. The first-order valence-electron chi connectivity index (χ1n) is 38.1. The summed E-state index contributed by atoms with van der Waals surface area (Å²) in [7, 11) is 0. The molecule has 3 rings (SSSR count). The Kier molecular flexibility index (Phi) is 61.1. The van der Waals surface area contributed by atoms with E-state index >= 15 is 0 Å². The van der Waals surface area contributed by atoms with Crippen LogP contribution < -0.4 is 10.2 Å². The molecule has 0 aliphatic heterocycles. The molecule has 0 heterocycles. The fourth-order valence-electron chi connectivity index (χ4n) is 12.1. The number of nitrogens with zero attached hydrogens (tertiary/aromatic N) is 2. The molecule has 5 heteroatoms. The van der Waals surface area contributed by atoms with Crippen molar-refractivity contribution in [1.82, 2.24) is 0 Å². The first kappa shape index (κ1) is 82.6. The molecule has 0 aliphatic carbocycles. The molecule has 0 saturated heterocycles. The Hall–Kier alpha value is -3.43. The number of hydrogen-bond acceptors (Lipinski definition) is 4. The summed E-state index contributed by atoms with van der Waals surface area (Å²) in [6.45, 7) is 8.76. The molecule has 502 valence electrons. The number of hydrogen-bond donors (Lipinski definition) is 0. The monoisotopic (exact) mass is 1250 g/mol. The third-order valence-corrected chi connectivity index (χ3v) is 17.9. The summed E-state index contributed by atoms with van der Waals surface area (Å²) in [4.78, 5) is 9.67. The van der Waals surface area contributed by atoms with Gasteiger partial charge < -0.3 is 10.2 Å². The Bertz CT molecular complexity index is 2040. The number of allylic oxidation sites excluding steroid dienone is 2. The van der Waals surface area contributed by atoms with Crippen molar-refractivity contribution in [3.63, 3.8) is 0 Å². The van der Waals surface area contributed by atoms with Crippen molar-refractivity contribution in [2.24, 2.45) is 9.98 Å². The average molecular weight is 1250 g/mol. The smallest absolute Gasteiger partial charge is 0.873 e. The molecule has 0 bridgehead atoms. The summed E-state index contributed by atoms with van der Waals surface area (Å²) < 4.78 is 0. The maximum atomic E-state index is 11.0. The van der Waals surface area contributed by atoms with Gasteiger partial charge in [0.15, 0.2) is 0 Å². The number of aliphatic imine (C=N–C) groups is 2. The molecule has 0 spiro atoms. The van der Waals surface area contributed by atoms with Crippen molar-refractivity contribution in [2.75, 3.05) is 0 Å². The van der Waals surface area contributed by atoms with E-state index < -0.39 is 5.75 Å². The molecular formula is C83H138N2NiO2. The van der Waals surface area contributed by atoms with Crippen LogP contribution in [0.25, 0.3) is 12.2 Å². The summed E-state index contributed by atoms with van der Waals surface area (Å²) in [6, 6.07) is 21.9. The Morgan fingerprint density at radius 2 is 0.614 bits per heavy atom. The van der Waals surface area contributed by atoms with E-state index in [1.807, 2.05) is 13.1 Å². The second-order valence-electron chi connectivity index (χ2n) is 26.2. The molecule has 0 N–H and O–H groups in total. The van der Waals surface area contributed by atoms with Gasteiger partial charge in [0, 0.05) is 6.21 Å². The van der Waals surface area contributed by atoms with Gasteiger partial charge >= 0.3 is 16.5 Å². The normalized spacial score (nSPS) is 11.8. The van der Waals surface area contributed by atoms with Crippen molar-refractivity contribution in [3.8, 4) is 11.5 Å². The van der Waals surface area contributed by atoms with Crippen LogP contribution in [0.2, 0.25) is 0 Å². The van der Waals surface area contributed by atoms with Crippen LogP contribution in [-0.2, 0) is 22.9 Å². The molecule has 0 amide bonds. The van der Waals surface area contributed by atoms with E-state index in [4.69, 9.17) is 9.98 Å². The van der Waals surface area contributed by atoms with Gasteiger partial charge in [0.2, 0.25) is 0 Å². The zero-order valence-electron chi connectivity index (χ0n) is 58.2. The molecule has 0 radical (unpaired) electrons. The number of para-hydroxylation sites is 1. The van der Waals surface area contributed by atoms with E-state index in [2.05, 4.69) is 93.6 Å². The number of benzene rings is 3. The van der Waals surface area contributed by atoms with E-state index in [0.717, 1.165) is 29.9 Å². The Balaban J connectivity index is 0.00000289. The van der Waals surface area contributed by atoms with E-state index in [1.165, 1.54) is 351 Å². The molecule has 0 saturated carbocycles. The van der Waals surface area contributed by atoms with Crippen LogP contribution in [-0.4, -0.2) is 11.9 Å². The molecule has 3 aromatic carbocycles. The summed E-state index contributed by atoms with van der Waals surface area (Å²) >= 11 is 0. The molecule has 0 fully saturated rings. The molecule has 3 aromatic rings. The molecule has 0 atom stereocenters. The molecule has 0 aromatic heterocycles. The minimum atomic E-state index is -0.393. The van der Waals surface area contributed by atoms with E-state index in [0.29, 0.717) is 12.0 Å². The van der Waals surface area contributed by atoms with Gasteiger partial charge in [0.25, 0.3) is 0 Å². The van der Waals surface area contributed by atoms with Gasteiger partial charge in [-0.2, -0.15) is 0 Å². The standard InChI is InChI=1S/C74H128N2.C9H12O2.Ni/c1-4-7-9-11-13-15-17-19-21-23-25-27-29-31-33-35-37-39-41-43-45-47-49-51-53-55-57-59-70-61-65-73(66-62-70)75-69-72(6-3)76-74-67-63-71(64-68-74)60-58-56-54-52-50-48-46-44-42-40-38-36-34-32-30-28-26-24-22-20-18-16-14-12-10-8-5-2;1-2-4-7-5-3-6-8(10)9(7)11;/h57-69H,4-56H2,1-3H3;3,5-6,10-11H,2,4H2,1H3;/q;;+2/p-2. The zero-order valence-corrected chi connectivity index (χ0v) is 59.1. The van der Waals surface area contributed by atoms with Gasteiger partial charge in [-0.1, -0.05) is 415 Å². The third kappa shape index (κ3) is 52.2. The maximum absolute atomic E-state index is 11.0. The fraction of sp³-hybridized carbons (Fsp3) is 0.711. The van der Waals surface area contributed by atoms with Crippen molar-refractivity contribution >= 4 is 35.5 Å². The van der Waals surface area contributed by atoms with Crippen LogP contribution in [0.1, 0.15) is 391 Å². The topological polar surface area (TPSA) is 70.8 Å². The van der Waals surface area contributed by atoms with Crippen LogP contribution in [0, 0.1) is 0 Å². The number of unbranched alkanes of at least 4 members (excludes halogenated alkanes) is 50. The number of aryl methyl sites for hydroxylation is 1. The molecule has 0 aliphatic rings. The molecule has 4 nitrogen and oxygen atoms in total. The summed E-state index contributed by atoms with van der Waals surface area (Å²) in [5.74, 6) is -0.731. The third-order valence-electron chi connectivity index (χ3n) is 17.9. The predicted octanol–water partition coefficient (Wildman–Crippen LogP) is 27.7. The van der Waals surface area contributed by atoms with Crippen molar-refractivity contribution in [1.29, 1.82) is 0 Å². The molecule has 88 heavy (non-hydrogen) atoms. The first-order chi connectivity index (χ1) is 43.0. The predicted molar refractivity (Wildman–Crippen MR) is 387 cm³/mol. The second-order valence-corrected chi connectivity index (χ2v) is 26.2. The van der Waals surface area contributed by atoms with Gasteiger partial charge in [-0.3, -0.25) is 9.98 Å². The Morgan fingerprint density at radius 3 is 0.898 bits per heavy atom. The SMILES string of the molecule is CCCCCCCCCCCCCCCCCCCCCCCCCCCC=Cc1ccc(N=CC(CC)=Nc2ccc(C=CCCCCCCCCCCCCCCCCCCCCCCCCCCC)cc2)cc1.CCCc1cccc([O-])c1[O-].[Ni+2]. The quantitative estimate of drug-likeness (QED) is 0.0321. The average Bonchev–Trinajstić information content (AvgIpc) is 3.68. The fourth-order valence-corrected chi connectivity index (χ4v) is 12.1.